The summed E-state index contributed by atoms with van der Waals surface area (Å²) in [6, 6.07) is 5.37. The van der Waals surface area contributed by atoms with Crippen molar-refractivity contribution in [2.24, 2.45) is 5.92 Å². The zero-order valence-electron chi connectivity index (χ0n) is 13.2. The molecular weight excluding hydrogens is 250 g/mol. The van der Waals surface area contributed by atoms with E-state index in [0.717, 1.165) is 24.2 Å². The Bertz CT molecular complexity index is 459. The van der Waals surface area contributed by atoms with Gasteiger partial charge in [0.25, 0.3) is 0 Å². The number of anilines is 2. The molecule has 0 saturated heterocycles. The van der Waals surface area contributed by atoms with Gasteiger partial charge in [0.05, 0.1) is 6.04 Å². The van der Waals surface area contributed by atoms with E-state index >= 15 is 0 Å². The number of likely N-dealkylation sites (N-methyl/N-ethyl adjacent to an activating group) is 1. The molecule has 1 aromatic carbocycles. The SMILES string of the molecule is CCC(C)CN(C)C(C)C(=O)Nc1ccc(N)cc1C. The molecule has 0 bridgehead atoms. The first-order chi connectivity index (χ1) is 9.35. The Hall–Kier alpha value is -1.55. The Balaban J connectivity index is 2.65. The largest absolute Gasteiger partial charge is 0.399 e. The number of amides is 1. The fourth-order valence-corrected chi connectivity index (χ4v) is 2.04. The number of nitrogens with one attached hydrogen (secondary N) is 1. The predicted octanol–water partition coefficient (Wildman–Crippen LogP) is 2.88. The van der Waals surface area contributed by atoms with Crippen LogP contribution in [0.1, 0.15) is 32.8 Å². The van der Waals surface area contributed by atoms with Gasteiger partial charge in [-0.2, -0.15) is 0 Å². The molecule has 1 rings (SSSR count). The Morgan fingerprint density at radius 3 is 2.60 bits per heavy atom. The maximum absolute atomic E-state index is 12.3. The lowest BCUT2D eigenvalue weighted by Gasteiger charge is -2.26. The van der Waals surface area contributed by atoms with Gasteiger partial charge in [0.1, 0.15) is 0 Å². The third kappa shape index (κ3) is 4.53. The van der Waals surface area contributed by atoms with E-state index in [1.807, 2.05) is 33.0 Å². The monoisotopic (exact) mass is 277 g/mol. The lowest BCUT2D eigenvalue weighted by atomic mass is 10.1. The summed E-state index contributed by atoms with van der Waals surface area (Å²) >= 11 is 0. The Kier molecular flexibility index (Phi) is 6.02. The van der Waals surface area contributed by atoms with E-state index < -0.39 is 0 Å². The van der Waals surface area contributed by atoms with E-state index in [2.05, 4.69) is 24.1 Å². The second-order valence-electron chi connectivity index (χ2n) is 5.69. The second-order valence-corrected chi connectivity index (χ2v) is 5.69. The summed E-state index contributed by atoms with van der Waals surface area (Å²) < 4.78 is 0. The van der Waals surface area contributed by atoms with Crippen molar-refractivity contribution in [1.29, 1.82) is 0 Å². The van der Waals surface area contributed by atoms with Gasteiger partial charge in [-0.15, -0.1) is 0 Å². The lowest BCUT2D eigenvalue weighted by molar-refractivity contribution is -0.120. The highest BCUT2D eigenvalue weighted by atomic mass is 16.2. The van der Waals surface area contributed by atoms with Crippen LogP contribution in [-0.4, -0.2) is 30.4 Å². The molecule has 4 nitrogen and oxygen atoms in total. The summed E-state index contributed by atoms with van der Waals surface area (Å²) in [5.41, 5.74) is 8.23. The highest BCUT2D eigenvalue weighted by molar-refractivity contribution is 5.95. The number of nitrogens with zero attached hydrogens (tertiary/aromatic N) is 1. The number of rotatable bonds is 6. The number of nitrogens with two attached hydrogens (primary N) is 1. The van der Waals surface area contributed by atoms with Crippen molar-refractivity contribution in [1.82, 2.24) is 4.90 Å². The summed E-state index contributed by atoms with van der Waals surface area (Å²) in [7, 11) is 1.99. The van der Waals surface area contributed by atoms with Crippen LogP contribution in [0.15, 0.2) is 18.2 Å². The van der Waals surface area contributed by atoms with Crippen molar-refractivity contribution in [2.75, 3.05) is 24.6 Å². The van der Waals surface area contributed by atoms with Crippen LogP contribution in [0.5, 0.6) is 0 Å². The van der Waals surface area contributed by atoms with E-state index in [1.165, 1.54) is 0 Å². The van der Waals surface area contributed by atoms with Crippen LogP contribution in [0.3, 0.4) is 0 Å². The molecule has 0 fully saturated rings. The van der Waals surface area contributed by atoms with Crippen LogP contribution in [-0.2, 0) is 4.79 Å². The summed E-state index contributed by atoms with van der Waals surface area (Å²) in [4.78, 5) is 14.4. The predicted molar refractivity (Wildman–Crippen MR) is 85.8 cm³/mol. The summed E-state index contributed by atoms with van der Waals surface area (Å²) in [6.07, 6.45) is 1.12. The van der Waals surface area contributed by atoms with E-state index in [9.17, 15) is 4.79 Å². The van der Waals surface area contributed by atoms with Gasteiger partial charge < -0.3 is 11.1 Å². The van der Waals surface area contributed by atoms with E-state index in [0.29, 0.717) is 11.6 Å². The molecule has 0 aromatic heterocycles. The first-order valence-electron chi connectivity index (χ1n) is 7.22. The maximum Gasteiger partial charge on any atom is 0.241 e. The summed E-state index contributed by atoms with van der Waals surface area (Å²) in [5.74, 6) is 0.609. The molecule has 0 heterocycles. The van der Waals surface area contributed by atoms with Crippen LogP contribution in [0.25, 0.3) is 0 Å². The van der Waals surface area contributed by atoms with Crippen molar-refractivity contribution in [2.45, 2.75) is 40.2 Å². The molecule has 0 saturated carbocycles. The molecule has 112 valence electrons. The van der Waals surface area contributed by atoms with Gasteiger partial charge in [0, 0.05) is 17.9 Å². The molecule has 1 amide bonds. The van der Waals surface area contributed by atoms with Gasteiger partial charge in [0.15, 0.2) is 0 Å². The number of aryl methyl sites for hydroxylation is 1. The number of nitrogen functional groups attached to an aromatic ring is 1. The number of carbonyl (C=O) groups excluding carboxylic acids is 1. The molecule has 0 aliphatic heterocycles. The molecule has 2 unspecified atom stereocenters. The van der Waals surface area contributed by atoms with Crippen LogP contribution in [0.4, 0.5) is 11.4 Å². The highest BCUT2D eigenvalue weighted by Gasteiger charge is 2.19. The first-order valence-corrected chi connectivity index (χ1v) is 7.22. The first kappa shape index (κ1) is 16.5. The smallest absolute Gasteiger partial charge is 0.241 e. The quantitative estimate of drug-likeness (QED) is 0.786. The molecule has 20 heavy (non-hydrogen) atoms. The van der Waals surface area contributed by atoms with Gasteiger partial charge in [-0.1, -0.05) is 20.3 Å². The number of hydrogen-bond acceptors (Lipinski definition) is 3. The van der Waals surface area contributed by atoms with Crippen LogP contribution >= 0.6 is 0 Å². The molecule has 3 N–H and O–H groups in total. The molecule has 0 radical (unpaired) electrons. The minimum Gasteiger partial charge on any atom is -0.399 e. The van der Waals surface area contributed by atoms with Gasteiger partial charge in [-0.25, -0.2) is 0 Å². The average molecular weight is 277 g/mol. The Labute approximate surface area is 122 Å². The topological polar surface area (TPSA) is 58.4 Å². The summed E-state index contributed by atoms with van der Waals surface area (Å²) in [5, 5.41) is 2.97. The normalized spacial score (nSPS) is 14.1. The molecule has 0 aliphatic carbocycles. The zero-order chi connectivity index (χ0) is 15.3. The van der Waals surface area contributed by atoms with Gasteiger partial charge >= 0.3 is 0 Å². The van der Waals surface area contributed by atoms with Crippen LogP contribution in [0.2, 0.25) is 0 Å². The van der Waals surface area contributed by atoms with Crippen molar-refractivity contribution in [3.8, 4) is 0 Å². The van der Waals surface area contributed by atoms with Gasteiger partial charge in [-0.3, -0.25) is 9.69 Å². The molecule has 2 atom stereocenters. The number of carbonyl (C=O) groups is 1. The number of hydrogen-bond donors (Lipinski definition) is 2. The van der Waals surface area contributed by atoms with Crippen LogP contribution in [0, 0.1) is 12.8 Å². The third-order valence-electron chi connectivity index (χ3n) is 3.85. The molecule has 1 aromatic rings. The van der Waals surface area contributed by atoms with E-state index in [4.69, 9.17) is 5.73 Å². The van der Waals surface area contributed by atoms with Crippen molar-refractivity contribution < 1.29 is 4.79 Å². The molecule has 4 heteroatoms. The zero-order valence-corrected chi connectivity index (χ0v) is 13.2. The second kappa shape index (κ2) is 7.29. The summed E-state index contributed by atoms with van der Waals surface area (Å²) in [6.45, 7) is 9.17. The number of benzene rings is 1. The Morgan fingerprint density at radius 1 is 1.40 bits per heavy atom. The van der Waals surface area contributed by atoms with Crippen molar-refractivity contribution in [3.63, 3.8) is 0 Å². The van der Waals surface area contributed by atoms with E-state index in [-0.39, 0.29) is 11.9 Å². The minimum atomic E-state index is -0.152. The molecule has 0 aliphatic rings. The van der Waals surface area contributed by atoms with Gasteiger partial charge in [0.2, 0.25) is 5.91 Å². The van der Waals surface area contributed by atoms with Crippen molar-refractivity contribution >= 4 is 17.3 Å². The minimum absolute atomic E-state index is 0.0173. The molecule has 0 spiro atoms. The standard InChI is InChI=1S/C16H27N3O/c1-6-11(2)10-19(5)13(4)16(20)18-15-8-7-14(17)9-12(15)3/h7-9,11,13H,6,10,17H2,1-5H3,(H,18,20). The van der Waals surface area contributed by atoms with Crippen LogP contribution < -0.4 is 11.1 Å². The maximum atomic E-state index is 12.3. The molecular formula is C16H27N3O. The fraction of sp³-hybridized carbons (Fsp3) is 0.562. The fourth-order valence-electron chi connectivity index (χ4n) is 2.04. The lowest BCUT2D eigenvalue weighted by Crippen LogP contribution is -2.41. The van der Waals surface area contributed by atoms with Gasteiger partial charge in [-0.05, 0) is 50.6 Å². The average Bonchev–Trinajstić information content (AvgIpc) is 2.40. The third-order valence-corrected chi connectivity index (χ3v) is 3.85. The van der Waals surface area contributed by atoms with E-state index in [1.54, 1.807) is 6.07 Å². The Morgan fingerprint density at radius 2 is 2.05 bits per heavy atom. The van der Waals surface area contributed by atoms with Crippen molar-refractivity contribution in [3.05, 3.63) is 23.8 Å². The highest BCUT2D eigenvalue weighted by Crippen LogP contribution is 2.18.